The maximum atomic E-state index is 13.4. The molecule has 0 fully saturated rings. The fraction of sp³-hybridized carbons (Fsp3) is 0.474. The summed E-state index contributed by atoms with van der Waals surface area (Å²) in [5.41, 5.74) is 3.47. The van der Waals surface area contributed by atoms with Crippen LogP contribution in [0.15, 0.2) is 24.3 Å². The largest absolute Gasteiger partial charge is 0.444 e. The molecule has 0 atom stereocenters. The number of nitrogens with zero attached hydrogens (tertiary/aromatic N) is 3. The van der Waals surface area contributed by atoms with Crippen molar-refractivity contribution in [2.45, 2.75) is 52.8 Å². The van der Waals surface area contributed by atoms with Crippen molar-refractivity contribution in [3.05, 3.63) is 52.6 Å². The van der Waals surface area contributed by atoms with Crippen LogP contribution in [0.25, 0.3) is 0 Å². The van der Waals surface area contributed by atoms with Crippen LogP contribution in [0, 0.1) is 12.7 Å². The van der Waals surface area contributed by atoms with E-state index in [0.717, 1.165) is 23.4 Å². The third-order valence-electron chi connectivity index (χ3n) is 4.21. The van der Waals surface area contributed by atoms with E-state index in [-0.39, 0.29) is 11.9 Å². The lowest BCUT2D eigenvalue weighted by Crippen LogP contribution is -2.40. The van der Waals surface area contributed by atoms with Gasteiger partial charge in [0.2, 0.25) is 0 Å². The molecule has 25 heavy (non-hydrogen) atoms. The van der Waals surface area contributed by atoms with Crippen LogP contribution in [0.1, 0.15) is 43.3 Å². The minimum atomic E-state index is -0.519. The predicted molar refractivity (Wildman–Crippen MR) is 92.8 cm³/mol. The lowest BCUT2D eigenvalue weighted by atomic mass is 10.1. The minimum Gasteiger partial charge on any atom is -0.444 e. The number of hydrogen-bond donors (Lipinski definition) is 0. The standard InChI is InChI=1S/C19H24FN3O2/c1-13-16-8-9-22(18(24)25-19(2,3)4)12-17(16)23(21-13)11-14-6-5-7-15(20)10-14/h5-7,10H,8-9,11-12H2,1-4H3. The fourth-order valence-electron chi connectivity index (χ4n) is 3.10. The first-order chi connectivity index (χ1) is 11.7. The highest BCUT2D eigenvalue weighted by Gasteiger charge is 2.29. The summed E-state index contributed by atoms with van der Waals surface area (Å²) < 4.78 is 20.8. The third kappa shape index (κ3) is 4.00. The number of amides is 1. The Morgan fingerprint density at radius 3 is 2.80 bits per heavy atom. The zero-order chi connectivity index (χ0) is 18.2. The Balaban J connectivity index is 1.82. The number of carbonyl (C=O) groups excluding carboxylic acids is 1. The van der Waals surface area contributed by atoms with Gasteiger partial charge in [-0.05, 0) is 57.4 Å². The molecule has 0 aliphatic carbocycles. The van der Waals surface area contributed by atoms with Crippen molar-refractivity contribution in [3.63, 3.8) is 0 Å². The molecular weight excluding hydrogens is 321 g/mol. The molecule has 1 amide bonds. The molecular formula is C19H24FN3O2. The Bertz CT molecular complexity index is 792. The summed E-state index contributed by atoms with van der Waals surface area (Å²) in [6.07, 6.45) is 0.443. The van der Waals surface area contributed by atoms with Crippen molar-refractivity contribution in [2.75, 3.05) is 6.54 Å². The van der Waals surface area contributed by atoms with Crippen LogP contribution in [-0.4, -0.2) is 32.9 Å². The molecule has 0 bridgehead atoms. The monoisotopic (exact) mass is 345 g/mol. The number of hydrogen-bond acceptors (Lipinski definition) is 3. The normalized spacial score (nSPS) is 14.4. The molecule has 2 heterocycles. The first kappa shape index (κ1) is 17.5. The van der Waals surface area contributed by atoms with Crippen molar-refractivity contribution in [3.8, 4) is 0 Å². The van der Waals surface area contributed by atoms with Gasteiger partial charge in [0.25, 0.3) is 0 Å². The van der Waals surface area contributed by atoms with E-state index in [0.29, 0.717) is 19.6 Å². The van der Waals surface area contributed by atoms with Gasteiger partial charge in [-0.25, -0.2) is 9.18 Å². The average molecular weight is 345 g/mol. The highest BCUT2D eigenvalue weighted by atomic mass is 19.1. The number of carbonyl (C=O) groups is 1. The maximum Gasteiger partial charge on any atom is 0.410 e. The molecule has 6 heteroatoms. The Morgan fingerprint density at radius 1 is 1.36 bits per heavy atom. The summed E-state index contributed by atoms with van der Waals surface area (Å²) in [5.74, 6) is -0.259. The smallest absolute Gasteiger partial charge is 0.410 e. The number of benzene rings is 1. The van der Waals surface area contributed by atoms with Crippen LogP contribution >= 0.6 is 0 Å². The van der Waals surface area contributed by atoms with Gasteiger partial charge in [-0.2, -0.15) is 5.10 Å². The van der Waals surface area contributed by atoms with Crippen molar-refractivity contribution in [1.82, 2.24) is 14.7 Å². The van der Waals surface area contributed by atoms with Gasteiger partial charge in [0, 0.05) is 6.54 Å². The number of rotatable bonds is 2. The lowest BCUT2D eigenvalue weighted by Gasteiger charge is -2.30. The summed E-state index contributed by atoms with van der Waals surface area (Å²) in [4.78, 5) is 14.1. The molecule has 1 aliphatic heterocycles. The van der Waals surface area contributed by atoms with Crippen LogP contribution in [0.4, 0.5) is 9.18 Å². The molecule has 1 aliphatic rings. The Kier molecular flexibility index (Phi) is 4.54. The number of halogens is 1. The van der Waals surface area contributed by atoms with Crippen molar-refractivity contribution in [1.29, 1.82) is 0 Å². The summed E-state index contributed by atoms with van der Waals surface area (Å²) in [6, 6.07) is 6.51. The molecule has 3 rings (SSSR count). The van der Waals surface area contributed by atoms with E-state index in [2.05, 4.69) is 5.10 Å². The maximum absolute atomic E-state index is 13.4. The van der Waals surface area contributed by atoms with Gasteiger partial charge < -0.3 is 9.64 Å². The van der Waals surface area contributed by atoms with Gasteiger partial charge in [-0.15, -0.1) is 0 Å². The quantitative estimate of drug-likeness (QED) is 0.834. The second-order valence-electron chi connectivity index (χ2n) is 7.45. The van der Waals surface area contributed by atoms with Crippen molar-refractivity contribution >= 4 is 6.09 Å². The highest BCUT2D eigenvalue weighted by molar-refractivity contribution is 5.68. The number of aromatic nitrogens is 2. The van der Waals surface area contributed by atoms with Crippen LogP contribution in [0.2, 0.25) is 0 Å². The number of aryl methyl sites for hydroxylation is 1. The molecule has 2 aromatic rings. The topological polar surface area (TPSA) is 47.4 Å². The highest BCUT2D eigenvalue weighted by Crippen LogP contribution is 2.24. The molecule has 1 aromatic carbocycles. The molecule has 0 radical (unpaired) electrons. The lowest BCUT2D eigenvalue weighted by molar-refractivity contribution is 0.0219. The van der Waals surface area contributed by atoms with Crippen LogP contribution in [0.5, 0.6) is 0 Å². The van der Waals surface area contributed by atoms with Gasteiger partial charge in [-0.3, -0.25) is 4.68 Å². The summed E-state index contributed by atoms with van der Waals surface area (Å²) >= 11 is 0. The summed E-state index contributed by atoms with van der Waals surface area (Å²) in [6.45, 7) is 9.12. The molecule has 0 unspecified atom stereocenters. The Morgan fingerprint density at radius 2 is 2.12 bits per heavy atom. The SMILES string of the molecule is Cc1nn(Cc2cccc(F)c2)c2c1CCN(C(=O)OC(C)(C)C)C2. The van der Waals surface area contributed by atoms with Gasteiger partial charge in [0.15, 0.2) is 0 Å². The number of fused-ring (bicyclic) bond motifs is 1. The molecule has 0 spiro atoms. The van der Waals surface area contributed by atoms with Gasteiger partial charge in [0.05, 0.1) is 24.5 Å². The second kappa shape index (κ2) is 6.50. The van der Waals surface area contributed by atoms with Crippen molar-refractivity contribution in [2.24, 2.45) is 0 Å². The Hall–Kier alpha value is -2.37. The van der Waals surface area contributed by atoms with Crippen molar-refractivity contribution < 1.29 is 13.9 Å². The fourth-order valence-corrected chi connectivity index (χ4v) is 3.10. The minimum absolute atomic E-state index is 0.259. The first-order valence-electron chi connectivity index (χ1n) is 8.50. The van der Waals surface area contributed by atoms with Crippen LogP contribution < -0.4 is 0 Å². The van der Waals surface area contributed by atoms with E-state index in [9.17, 15) is 9.18 Å². The molecule has 0 saturated carbocycles. The van der Waals surface area contributed by atoms with Gasteiger partial charge >= 0.3 is 6.09 Å². The average Bonchev–Trinajstić information content (AvgIpc) is 2.81. The third-order valence-corrected chi connectivity index (χ3v) is 4.21. The summed E-state index contributed by atoms with van der Waals surface area (Å²) in [5, 5.41) is 4.60. The van der Waals surface area contributed by atoms with Gasteiger partial charge in [0.1, 0.15) is 11.4 Å². The molecule has 134 valence electrons. The molecule has 5 nitrogen and oxygen atoms in total. The van der Waals surface area contributed by atoms with E-state index in [1.165, 1.54) is 17.7 Å². The van der Waals surface area contributed by atoms with E-state index >= 15 is 0 Å². The molecule has 1 aromatic heterocycles. The zero-order valence-corrected chi connectivity index (χ0v) is 15.2. The van der Waals surface area contributed by atoms with Crippen LogP contribution in [-0.2, 0) is 24.2 Å². The van der Waals surface area contributed by atoms with E-state index in [4.69, 9.17) is 4.74 Å². The summed E-state index contributed by atoms with van der Waals surface area (Å²) in [7, 11) is 0. The van der Waals surface area contributed by atoms with E-state index in [1.807, 2.05) is 38.4 Å². The molecule has 0 N–H and O–H groups in total. The van der Waals surface area contributed by atoms with Crippen LogP contribution in [0.3, 0.4) is 0 Å². The zero-order valence-electron chi connectivity index (χ0n) is 15.2. The Labute approximate surface area is 147 Å². The van der Waals surface area contributed by atoms with Gasteiger partial charge in [-0.1, -0.05) is 12.1 Å². The predicted octanol–water partition coefficient (Wildman–Crippen LogP) is 3.67. The van der Waals surface area contributed by atoms with E-state index in [1.54, 1.807) is 11.0 Å². The molecule has 0 saturated heterocycles. The number of ether oxygens (including phenoxy) is 1. The first-order valence-corrected chi connectivity index (χ1v) is 8.50. The second-order valence-corrected chi connectivity index (χ2v) is 7.45. The van der Waals surface area contributed by atoms with E-state index < -0.39 is 5.60 Å².